The second-order valence-corrected chi connectivity index (χ2v) is 4.51. The molecule has 4 heteroatoms. The second-order valence-electron chi connectivity index (χ2n) is 4.51. The van der Waals surface area contributed by atoms with Gasteiger partial charge in [0.2, 0.25) is 5.88 Å². The van der Waals surface area contributed by atoms with Gasteiger partial charge in [0.15, 0.2) is 5.69 Å². The van der Waals surface area contributed by atoms with Crippen LogP contribution in [0.2, 0.25) is 0 Å². The zero-order valence-corrected chi connectivity index (χ0v) is 9.85. The van der Waals surface area contributed by atoms with E-state index < -0.39 is 0 Å². The molecule has 0 atom stereocenters. The maximum Gasteiger partial charge on any atom is 0.214 e. The quantitative estimate of drug-likeness (QED) is 0.867. The molecule has 17 heavy (non-hydrogen) atoms. The molecule has 0 unspecified atom stereocenters. The molecule has 4 nitrogen and oxygen atoms in total. The van der Waals surface area contributed by atoms with Crippen LogP contribution in [0.3, 0.4) is 0 Å². The second kappa shape index (κ2) is 5.53. The summed E-state index contributed by atoms with van der Waals surface area (Å²) in [4.78, 5) is 4.07. The number of nitrogens with two attached hydrogens (primary N) is 1. The minimum Gasteiger partial charge on any atom is -0.477 e. The highest BCUT2D eigenvalue weighted by Crippen LogP contribution is 2.24. The first-order valence-electron chi connectivity index (χ1n) is 6.09. The Kier molecular flexibility index (Phi) is 3.81. The van der Waals surface area contributed by atoms with Crippen molar-refractivity contribution in [2.75, 3.05) is 12.3 Å². The molecule has 0 aromatic carbocycles. The molecule has 1 aromatic rings. The number of pyridine rings is 1. The van der Waals surface area contributed by atoms with Gasteiger partial charge in [-0.15, -0.1) is 0 Å². The van der Waals surface area contributed by atoms with Crippen LogP contribution in [0.15, 0.2) is 12.1 Å². The van der Waals surface area contributed by atoms with Crippen LogP contribution in [-0.4, -0.2) is 11.6 Å². The van der Waals surface area contributed by atoms with Crippen LogP contribution in [0, 0.1) is 17.2 Å². The van der Waals surface area contributed by atoms with Crippen molar-refractivity contribution in [1.29, 1.82) is 5.26 Å². The maximum absolute atomic E-state index is 8.81. The van der Waals surface area contributed by atoms with E-state index in [9.17, 15) is 0 Å². The molecule has 1 aliphatic carbocycles. The van der Waals surface area contributed by atoms with E-state index >= 15 is 0 Å². The van der Waals surface area contributed by atoms with Crippen molar-refractivity contribution in [1.82, 2.24) is 4.98 Å². The maximum atomic E-state index is 8.81. The van der Waals surface area contributed by atoms with Crippen molar-refractivity contribution >= 4 is 5.69 Å². The smallest absolute Gasteiger partial charge is 0.214 e. The van der Waals surface area contributed by atoms with E-state index in [4.69, 9.17) is 15.7 Å². The molecule has 1 aromatic heterocycles. The summed E-state index contributed by atoms with van der Waals surface area (Å²) in [6.07, 6.45) is 6.41. The van der Waals surface area contributed by atoms with Gasteiger partial charge in [-0.05, 0) is 24.8 Å². The largest absolute Gasteiger partial charge is 0.477 e. The van der Waals surface area contributed by atoms with E-state index in [2.05, 4.69) is 4.98 Å². The molecule has 1 aliphatic rings. The van der Waals surface area contributed by atoms with E-state index in [1.54, 1.807) is 12.1 Å². The Labute approximate surface area is 101 Å². The van der Waals surface area contributed by atoms with E-state index in [0.29, 0.717) is 24.1 Å². The molecular weight excluding hydrogens is 214 g/mol. The summed E-state index contributed by atoms with van der Waals surface area (Å²) in [6, 6.07) is 5.35. The van der Waals surface area contributed by atoms with Crippen LogP contribution in [0.1, 0.15) is 37.8 Å². The van der Waals surface area contributed by atoms with E-state index in [1.807, 2.05) is 6.07 Å². The molecule has 0 bridgehead atoms. The average molecular weight is 231 g/mol. The first-order valence-corrected chi connectivity index (χ1v) is 6.09. The molecule has 90 valence electrons. The standard InChI is InChI=1S/C13H17N3O/c14-8-12-11(15)6-7-13(16-12)17-9-10-4-2-1-3-5-10/h6-7,10H,1-5,9,15H2. The van der Waals surface area contributed by atoms with E-state index in [0.717, 1.165) is 0 Å². The van der Waals surface area contributed by atoms with E-state index in [-0.39, 0.29) is 5.69 Å². The van der Waals surface area contributed by atoms with Gasteiger partial charge in [-0.2, -0.15) is 5.26 Å². The Morgan fingerprint density at radius 2 is 2.12 bits per heavy atom. The van der Waals surface area contributed by atoms with Crippen molar-refractivity contribution in [2.24, 2.45) is 5.92 Å². The van der Waals surface area contributed by atoms with Crippen LogP contribution in [0.25, 0.3) is 0 Å². The number of aromatic nitrogens is 1. The topological polar surface area (TPSA) is 71.9 Å². The summed E-state index contributed by atoms with van der Waals surface area (Å²) >= 11 is 0. The number of hydrogen-bond acceptors (Lipinski definition) is 4. The van der Waals surface area contributed by atoms with Gasteiger partial charge in [0, 0.05) is 6.07 Å². The lowest BCUT2D eigenvalue weighted by Gasteiger charge is -2.21. The summed E-state index contributed by atoms with van der Waals surface area (Å²) in [7, 11) is 0. The van der Waals surface area contributed by atoms with Crippen molar-refractivity contribution in [3.63, 3.8) is 0 Å². The Morgan fingerprint density at radius 3 is 2.82 bits per heavy atom. The highest BCUT2D eigenvalue weighted by atomic mass is 16.5. The fourth-order valence-electron chi connectivity index (χ4n) is 2.18. The zero-order chi connectivity index (χ0) is 12.1. The molecule has 0 aliphatic heterocycles. The Hall–Kier alpha value is -1.76. The van der Waals surface area contributed by atoms with Gasteiger partial charge in [-0.25, -0.2) is 4.98 Å². The van der Waals surface area contributed by atoms with Crippen LogP contribution in [-0.2, 0) is 0 Å². The fourth-order valence-corrected chi connectivity index (χ4v) is 2.18. The summed E-state index contributed by atoms with van der Waals surface area (Å²) in [5.41, 5.74) is 6.24. The third-order valence-electron chi connectivity index (χ3n) is 3.20. The van der Waals surface area contributed by atoms with Gasteiger partial charge < -0.3 is 10.5 Å². The van der Waals surface area contributed by atoms with Crippen LogP contribution in [0.5, 0.6) is 5.88 Å². The van der Waals surface area contributed by atoms with Crippen LogP contribution >= 0.6 is 0 Å². The number of ether oxygens (including phenoxy) is 1. The molecule has 0 amide bonds. The summed E-state index contributed by atoms with van der Waals surface area (Å²) in [5, 5.41) is 8.81. The Bertz CT molecular complexity index is 419. The lowest BCUT2D eigenvalue weighted by Crippen LogP contribution is -2.15. The van der Waals surface area contributed by atoms with Gasteiger partial charge in [0.05, 0.1) is 12.3 Å². The van der Waals surface area contributed by atoms with Crippen LogP contribution in [0.4, 0.5) is 5.69 Å². The van der Waals surface area contributed by atoms with Gasteiger partial charge >= 0.3 is 0 Å². The number of rotatable bonds is 3. The number of hydrogen-bond donors (Lipinski definition) is 1. The van der Waals surface area contributed by atoms with Gasteiger partial charge in [0.25, 0.3) is 0 Å². The Balaban J connectivity index is 1.92. The van der Waals surface area contributed by atoms with Gasteiger partial charge in [0.1, 0.15) is 6.07 Å². The fraction of sp³-hybridized carbons (Fsp3) is 0.538. The van der Waals surface area contributed by atoms with Crippen molar-refractivity contribution in [3.05, 3.63) is 17.8 Å². The highest BCUT2D eigenvalue weighted by molar-refractivity contribution is 5.50. The third-order valence-corrected chi connectivity index (χ3v) is 3.20. The number of anilines is 1. The lowest BCUT2D eigenvalue weighted by atomic mass is 9.90. The summed E-state index contributed by atoms with van der Waals surface area (Å²) in [6.45, 7) is 0.696. The first-order chi connectivity index (χ1) is 8.29. The Morgan fingerprint density at radius 1 is 1.35 bits per heavy atom. The molecule has 1 fully saturated rings. The molecule has 1 saturated carbocycles. The molecule has 1 heterocycles. The minimum atomic E-state index is 0.242. The highest BCUT2D eigenvalue weighted by Gasteiger charge is 2.14. The predicted molar refractivity (Wildman–Crippen MR) is 65.4 cm³/mol. The predicted octanol–water partition coefficient (Wildman–Crippen LogP) is 2.49. The lowest BCUT2D eigenvalue weighted by molar-refractivity contribution is 0.203. The monoisotopic (exact) mass is 231 g/mol. The first kappa shape index (κ1) is 11.7. The van der Waals surface area contributed by atoms with E-state index in [1.165, 1.54) is 32.1 Å². The zero-order valence-electron chi connectivity index (χ0n) is 9.85. The molecule has 0 saturated heterocycles. The van der Waals surface area contributed by atoms with Gasteiger partial charge in [-0.3, -0.25) is 0 Å². The molecule has 0 radical (unpaired) electrons. The summed E-state index contributed by atoms with van der Waals surface area (Å²) < 4.78 is 5.63. The summed E-state index contributed by atoms with van der Waals surface area (Å²) in [5.74, 6) is 1.13. The van der Waals surface area contributed by atoms with Crippen molar-refractivity contribution in [2.45, 2.75) is 32.1 Å². The SMILES string of the molecule is N#Cc1nc(OCC2CCCCC2)ccc1N. The minimum absolute atomic E-state index is 0.242. The van der Waals surface area contributed by atoms with Crippen molar-refractivity contribution < 1.29 is 4.74 Å². The van der Waals surface area contributed by atoms with Crippen LogP contribution < -0.4 is 10.5 Å². The number of nitrogen functional groups attached to an aromatic ring is 1. The average Bonchev–Trinajstić information content (AvgIpc) is 2.39. The number of nitriles is 1. The molecule has 2 rings (SSSR count). The molecule has 0 spiro atoms. The normalized spacial score (nSPS) is 16.4. The van der Waals surface area contributed by atoms with Crippen molar-refractivity contribution in [3.8, 4) is 11.9 Å². The third kappa shape index (κ3) is 3.10. The van der Waals surface area contributed by atoms with Gasteiger partial charge in [-0.1, -0.05) is 19.3 Å². The molecular formula is C13H17N3O. The number of nitrogens with zero attached hydrogens (tertiary/aromatic N) is 2. The molecule has 2 N–H and O–H groups in total.